The van der Waals surface area contributed by atoms with Gasteiger partial charge >= 0.3 is 0 Å². The summed E-state index contributed by atoms with van der Waals surface area (Å²) < 4.78 is 5.51. The molecule has 1 aromatic heterocycles. The van der Waals surface area contributed by atoms with Crippen molar-refractivity contribution in [2.45, 2.75) is 32.9 Å². The van der Waals surface area contributed by atoms with Crippen LogP contribution in [-0.4, -0.2) is 66.8 Å². The molecule has 8 heteroatoms. The Bertz CT molecular complexity index is 758. The molecule has 0 bridgehead atoms. The first-order valence-electron chi connectivity index (χ1n) is 10.5. The van der Waals surface area contributed by atoms with Crippen molar-refractivity contribution < 1.29 is 4.74 Å². The fraction of sp³-hybridized carbons (Fsp3) is 0.545. The molecule has 3 N–H and O–H groups in total. The molecule has 1 atom stereocenters. The number of hydrogen-bond acceptors (Lipinski definition) is 4. The van der Waals surface area contributed by atoms with Crippen molar-refractivity contribution in [2.75, 3.05) is 39.9 Å². The summed E-state index contributed by atoms with van der Waals surface area (Å²) in [5, 5.41) is 6.86. The van der Waals surface area contributed by atoms with Crippen LogP contribution in [0.1, 0.15) is 26.1 Å². The molecule has 1 saturated heterocycles. The highest BCUT2D eigenvalue weighted by Gasteiger charge is 2.22. The van der Waals surface area contributed by atoms with Gasteiger partial charge in [-0.2, -0.15) is 0 Å². The highest BCUT2D eigenvalue weighted by molar-refractivity contribution is 14.0. The first kappa shape index (κ1) is 24.6. The Morgan fingerprint density at radius 2 is 1.93 bits per heavy atom. The van der Waals surface area contributed by atoms with Crippen molar-refractivity contribution in [3.05, 3.63) is 42.4 Å². The van der Waals surface area contributed by atoms with Crippen molar-refractivity contribution in [3.8, 4) is 11.3 Å². The summed E-state index contributed by atoms with van der Waals surface area (Å²) in [4.78, 5) is 14.8. The van der Waals surface area contributed by atoms with Crippen LogP contribution in [0.4, 0.5) is 0 Å². The molecule has 166 valence electrons. The normalized spacial score (nSPS) is 16.2. The van der Waals surface area contributed by atoms with Crippen LogP contribution in [0.25, 0.3) is 11.3 Å². The van der Waals surface area contributed by atoms with Gasteiger partial charge in [0, 0.05) is 32.7 Å². The number of hydrogen-bond donors (Lipinski definition) is 3. The number of aromatic amines is 1. The molecular formula is C22H35IN6O. The van der Waals surface area contributed by atoms with E-state index in [9.17, 15) is 0 Å². The number of nitrogens with one attached hydrogen (secondary N) is 3. The van der Waals surface area contributed by atoms with Gasteiger partial charge in [-0.05, 0) is 17.9 Å². The summed E-state index contributed by atoms with van der Waals surface area (Å²) in [5.41, 5.74) is 2.16. The second-order valence-corrected chi connectivity index (χ2v) is 7.85. The maximum atomic E-state index is 5.51. The third-order valence-electron chi connectivity index (χ3n) is 5.17. The van der Waals surface area contributed by atoms with Gasteiger partial charge < -0.3 is 20.4 Å². The zero-order chi connectivity index (χ0) is 20.5. The summed E-state index contributed by atoms with van der Waals surface area (Å²) in [5.74, 6) is 2.34. The van der Waals surface area contributed by atoms with Crippen LogP contribution in [0.3, 0.4) is 0 Å². The van der Waals surface area contributed by atoms with E-state index in [0.717, 1.165) is 62.3 Å². The lowest BCUT2D eigenvalue weighted by molar-refractivity contribution is 0.0132. The lowest BCUT2D eigenvalue weighted by atomic mass is 10.0. The summed E-state index contributed by atoms with van der Waals surface area (Å²) in [6.07, 6.45) is 3.03. The second-order valence-electron chi connectivity index (χ2n) is 7.85. The van der Waals surface area contributed by atoms with E-state index in [1.807, 2.05) is 24.4 Å². The highest BCUT2D eigenvalue weighted by Crippen LogP contribution is 2.16. The number of rotatable bonds is 8. The summed E-state index contributed by atoms with van der Waals surface area (Å²) in [6, 6.07) is 10.7. The first-order chi connectivity index (χ1) is 14.2. The van der Waals surface area contributed by atoms with Crippen molar-refractivity contribution >= 4 is 29.9 Å². The quantitative estimate of drug-likeness (QED) is 0.280. The monoisotopic (exact) mass is 526 g/mol. The van der Waals surface area contributed by atoms with Crippen LogP contribution >= 0.6 is 24.0 Å². The number of morpholine rings is 1. The Hall–Kier alpha value is -1.65. The first-order valence-corrected chi connectivity index (χ1v) is 10.5. The fourth-order valence-corrected chi connectivity index (χ4v) is 3.67. The van der Waals surface area contributed by atoms with E-state index in [2.05, 4.69) is 56.5 Å². The van der Waals surface area contributed by atoms with Crippen molar-refractivity contribution in [3.63, 3.8) is 0 Å². The van der Waals surface area contributed by atoms with Crippen LogP contribution in [0.5, 0.6) is 0 Å². The van der Waals surface area contributed by atoms with Gasteiger partial charge in [0.2, 0.25) is 0 Å². The van der Waals surface area contributed by atoms with E-state index in [-0.39, 0.29) is 24.0 Å². The number of ether oxygens (including phenoxy) is 1. The maximum Gasteiger partial charge on any atom is 0.191 e. The topological polar surface area (TPSA) is 77.6 Å². The third kappa shape index (κ3) is 7.55. The molecule has 2 heterocycles. The molecule has 2 aromatic rings. The van der Waals surface area contributed by atoms with Gasteiger partial charge in [0.25, 0.3) is 0 Å². The van der Waals surface area contributed by atoms with E-state index in [1.54, 1.807) is 7.05 Å². The van der Waals surface area contributed by atoms with Crippen LogP contribution in [0, 0.1) is 5.92 Å². The van der Waals surface area contributed by atoms with E-state index in [0.29, 0.717) is 18.5 Å². The molecular weight excluding hydrogens is 491 g/mol. The maximum absolute atomic E-state index is 5.51. The van der Waals surface area contributed by atoms with Gasteiger partial charge in [-0.25, -0.2) is 4.98 Å². The number of H-pyrrole nitrogens is 1. The zero-order valence-electron chi connectivity index (χ0n) is 18.2. The van der Waals surface area contributed by atoms with Crippen LogP contribution in [0.15, 0.2) is 41.5 Å². The third-order valence-corrected chi connectivity index (χ3v) is 5.17. The van der Waals surface area contributed by atoms with Gasteiger partial charge in [-0.3, -0.25) is 9.89 Å². The molecule has 30 heavy (non-hydrogen) atoms. The smallest absolute Gasteiger partial charge is 0.191 e. The SMILES string of the molecule is CN=C(NCc1ncc(-c2ccccc2)[nH]1)NCC(CC(C)C)N1CCOCC1.I. The standard InChI is InChI=1S/C22H34N6O.HI/c1-17(2)13-19(28-9-11-29-12-10-28)14-25-22(23-3)26-16-21-24-15-20(27-21)18-7-5-4-6-8-18;/h4-8,15,17,19H,9-14,16H2,1-3H3,(H,24,27)(H2,23,25,26);1H. The minimum Gasteiger partial charge on any atom is -0.379 e. The zero-order valence-corrected chi connectivity index (χ0v) is 20.6. The van der Waals surface area contributed by atoms with E-state index < -0.39 is 0 Å². The van der Waals surface area contributed by atoms with Crippen LogP contribution < -0.4 is 10.6 Å². The summed E-state index contributed by atoms with van der Waals surface area (Å²) >= 11 is 0. The molecule has 1 unspecified atom stereocenters. The number of nitrogens with zero attached hydrogens (tertiary/aromatic N) is 3. The average Bonchev–Trinajstić information content (AvgIpc) is 3.23. The predicted molar refractivity (Wildman–Crippen MR) is 133 cm³/mol. The molecule has 0 spiro atoms. The Morgan fingerprint density at radius 3 is 2.60 bits per heavy atom. The molecule has 0 saturated carbocycles. The molecule has 0 radical (unpaired) electrons. The molecule has 1 fully saturated rings. The van der Waals surface area contributed by atoms with Gasteiger partial charge in [-0.15, -0.1) is 24.0 Å². The lowest BCUT2D eigenvalue weighted by Gasteiger charge is -2.35. The summed E-state index contributed by atoms with van der Waals surface area (Å²) in [7, 11) is 1.80. The van der Waals surface area contributed by atoms with Gasteiger partial charge in [0.1, 0.15) is 5.82 Å². The van der Waals surface area contributed by atoms with Crippen LogP contribution in [0.2, 0.25) is 0 Å². The van der Waals surface area contributed by atoms with Gasteiger partial charge in [0.05, 0.1) is 31.6 Å². The van der Waals surface area contributed by atoms with Gasteiger partial charge in [-0.1, -0.05) is 44.2 Å². The minimum atomic E-state index is 0. The number of guanidine groups is 1. The number of halogens is 1. The number of aliphatic imine (C=N–C) groups is 1. The molecule has 3 rings (SSSR count). The average molecular weight is 526 g/mol. The van der Waals surface area contributed by atoms with E-state index >= 15 is 0 Å². The number of aromatic nitrogens is 2. The Morgan fingerprint density at radius 1 is 1.20 bits per heavy atom. The Kier molecular flexibility index (Phi) is 10.6. The minimum absolute atomic E-state index is 0. The Labute approximate surface area is 197 Å². The number of benzene rings is 1. The Balaban J connectivity index is 0.00000320. The van der Waals surface area contributed by atoms with Gasteiger partial charge in [0.15, 0.2) is 5.96 Å². The molecule has 1 aromatic carbocycles. The van der Waals surface area contributed by atoms with E-state index in [4.69, 9.17) is 4.74 Å². The van der Waals surface area contributed by atoms with Crippen molar-refractivity contribution in [2.24, 2.45) is 10.9 Å². The molecule has 1 aliphatic rings. The van der Waals surface area contributed by atoms with Crippen LogP contribution in [-0.2, 0) is 11.3 Å². The summed E-state index contributed by atoms with van der Waals surface area (Å²) in [6.45, 7) is 9.67. The molecule has 7 nitrogen and oxygen atoms in total. The molecule has 0 aliphatic carbocycles. The van der Waals surface area contributed by atoms with Crippen molar-refractivity contribution in [1.29, 1.82) is 0 Å². The fourth-order valence-electron chi connectivity index (χ4n) is 3.67. The predicted octanol–water partition coefficient (Wildman–Crippen LogP) is 3.11. The second kappa shape index (κ2) is 12.9. The van der Waals surface area contributed by atoms with E-state index in [1.165, 1.54) is 0 Å². The largest absolute Gasteiger partial charge is 0.379 e. The number of imidazole rings is 1. The lowest BCUT2D eigenvalue weighted by Crippen LogP contribution is -2.51. The van der Waals surface area contributed by atoms with Crippen molar-refractivity contribution in [1.82, 2.24) is 25.5 Å². The highest BCUT2D eigenvalue weighted by atomic mass is 127. The molecule has 0 amide bonds. The molecule has 1 aliphatic heterocycles.